The van der Waals surface area contributed by atoms with Crippen LogP contribution in [-0.4, -0.2) is 55.1 Å². The van der Waals surface area contributed by atoms with Gasteiger partial charge in [0.05, 0.1) is 25.2 Å². The van der Waals surface area contributed by atoms with Gasteiger partial charge < -0.3 is 19.1 Å². The number of esters is 1. The molecular weight excluding hydrogens is 380 g/mol. The zero-order valence-corrected chi connectivity index (χ0v) is 15.8. The van der Waals surface area contributed by atoms with E-state index >= 15 is 0 Å². The Morgan fingerprint density at radius 3 is 2.45 bits per heavy atom. The molecular formula is C20H20N2O7. The zero-order valence-electron chi connectivity index (χ0n) is 15.8. The maximum absolute atomic E-state index is 13.0. The Kier molecular flexibility index (Phi) is 6.40. The summed E-state index contributed by atoms with van der Waals surface area (Å²) >= 11 is 0. The lowest BCUT2D eigenvalue weighted by atomic mass is 10.1. The third-order valence-electron chi connectivity index (χ3n) is 4.49. The van der Waals surface area contributed by atoms with Crippen molar-refractivity contribution in [1.82, 2.24) is 4.90 Å². The summed E-state index contributed by atoms with van der Waals surface area (Å²) in [4.78, 5) is 37.9. The van der Waals surface area contributed by atoms with Crippen LogP contribution in [0.25, 0.3) is 0 Å². The molecule has 1 atom stereocenters. The normalized spacial score (nSPS) is 14.7. The Bertz CT molecular complexity index is 895. The van der Waals surface area contributed by atoms with Crippen molar-refractivity contribution in [3.05, 3.63) is 69.8 Å². The van der Waals surface area contributed by atoms with E-state index in [0.29, 0.717) is 31.9 Å². The Balaban J connectivity index is 1.91. The Morgan fingerprint density at radius 2 is 1.83 bits per heavy atom. The van der Waals surface area contributed by atoms with E-state index in [4.69, 9.17) is 14.2 Å². The number of ether oxygens (including phenoxy) is 3. The summed E-state index contributed by atoms with van der Waals surface area (Å²) < 4.78 is 15.9. The van der Waals surface area contributed by atoms with Crippen molar-refractivity contribution >= 4 is 17.6 Å². The van der Waals surface area contributed by atoms with Gasteiger partial charge >= 0.3 is 5.97 Å². The number of carbonyl (C=O) groups excluding carboxylic acids is 2. The molecule has 0 unspecified atom stereocenters. The molecule has 3 rings (SSSR count). The van der Waals surface area contributed by atoms with Gasteiger partial charge in [0.2, 0.25) is 6.10 Å². The average molecular weight is 400 g/mol. The molecule has 0 saturated carbocycles. The summed E-state index contributed by atoms with van der Waals surface area (Å²) in [5, 5.41) is 11.1. The van der Waals surface area contributed by atoms with Crippen molar-refractivity contribution in [2.24, 2.45) is 0 Å². The average Bonchev–Trinajstić information content (AvgIpc) is 2.77. The van der Waals surface area contributed by atoms with Crippen molar-refractivity contribution < 1.29 is 28.7 Å². The molecule has 0 radical (unpaired) electrons. The largest absolute Gasteiger partial charge is 0.496 e. The van der Waals surface area contributed by atoms with E-state index in [2.05, 4.69) is 0 Å². The standard InChI is InChI=1S/C20H20N2O7/c1-27-17-8-7-15(22(25)26)13-16(17)20(24)29-18(14-5-3-2-4-6-14)19(23)21-9-11-28-12-10-21/h2-8,13,18H,9-12H2,1H3/t18-/m0/s1. The third kappa shape index (κ3) is 4.69. The fourth-order valence-corrected chi connectivity index (χ4v) is 2.98. The molecule has 0 aliphatic carbocycles. The van der Waals surface area contributed by atoms with Gasteiger partial charge in [-0.25, -0.2) is 4.79 Å². The second-order valence-corrected chi connectivity index (χ2v) is 6.28. The second-order valence-electron chi connectivity index (χ2n) is 6.28. The van der Waals surface area contributed by atoms with E-state index in [0.717, 1.165) is 6.07 Å². The van der Waals surface area contributed by atoms with E-state index in [-0.39, 0.29) is 22.9 Å². The number of rotatable bonds is 6. The molecule has 0 bridgehead atoms. The van der Waals surface area contributed by atoms with Gasteiger partial charge in [-0.15, -0.1) is 0 Å². The Hall–Kier alpha value is -3.46. The molecule has 152 valence electrons. The topological polar surface area (TPSA) is 108 Å². The molecule has 1 saturated heterocycles. The summed E-state index contributed by atoms with van der Waals surface area (Å²) in [7, 11) is 1.34. The molecule has 1 heterocycles. The maximum Gasteiger partial charge on any atom is 0.343 e. The van der Waals surface area contributed by atoms with Crippen LogP contribution >= 0.6 is 0 Å². The minimum Gasteiger partial charge on any atom is -0.496 e. The lowest BCUT2D eigenvalue weighted by Crippen LogP contribution is -2.44. The number of non-ortho nitro benzene ring substituents is 1. The van der Waals surface area contributed by atoms with Crippen molar-refractivity contribution in [3.8, 4) is 5.75 Å². The molecule has 2 aromatic carbocycles. The molecule has 1 aliphatic heterocycles. The first-order valence-electron chi connectivity index (χ1n) is 8.96. The van der Waals surface area contributed by atoms with Crippen LogP contribution in [0.1, 0.15) is 22.0 Å². The van der Waals surface area contributed by atoms with Crippen LogP contribution in [0.5, 0.6) is 5.75 Å². The van der Waals surface area contributed by atoms with Crippen LogP contribution in [0, 0.1) is 10.1 Å². The highest BCUT2D eigenvalue weighted by Gasteiger charge is 2.32. The fourth-order valence-electron chi connectivity index (χ4n) is 2.98. The number of methoxy groups -OCH3 is 1. The monoisotopic (exact) mass is 400 g/mol. The quantitative estimate of drug-likeness (QED) is 0.416. The first-order chi connectivity index (χ1) is 14.0. The number of nitrogens with zero attached hydrogens (tertiary/aromatic N) is 2. The number of amides is 1. The van der Waals surface area contributed by atoms with Crippen LogP contribution in [0.2, 0.25) is 0 Å². The highest BCUT2D eigenvalue weighted by atomic mass is 16.6. The minimum absolute atomic E-state index is 0.117. The summed E-state index contributed by atoms with van der Waals surface area (Å²) in [6.45, 7) is 1.58. The van der Waals surface area contributed by atoms with Crippen LogP contribution in [0.3, 0.4) is 0 Å². The van der Waals surface area contributed by atoms with Crippen molar-refractivity contribution in [1.29, 1.82) is 0 Å². The van der Waals surface area contributed by atoms with Crippen LogP contribution in [0.15, 0.2) is 48.5 Å². The van der Waals surface area contributed by atoms with E-state index in [1.165, 1.54) is 19.2 Å². The van der Waals surface area contributed by atoms with Crippen LogP contribution in [0.4, 0.5) is 5.69 Å². The van der Waals surface area contributed by atoms with Crippen LogP contribution < -0.4 is 4.74 Å². The molecule has 9 nitrogen and oxygen atoms in total. The van der Waals surface area contributed by atoms with Crippen molar-refractivity contribution in [3.63, 3.8) is 0 Å². The lowest BCUT2D eigenvalue weighted by molar-refractivity contribution is -0.384. The first kappa shape index (κ1) is 20.3. The second kappa shape index (κ2) is 9.16. The number of morpholine rings is 1. The summed E-state index contributed by atoms with van der Waals surface area (Å²) in [5.74, 6) is -1.15. The van der Waals surface area contributed by atoms with E-state index in [9.17, 15) is 19.7 Å². The van der Waals surface area contributed by atoms with Crippen molar-refractivity contribution in [2.45, 2.75) is 6.10 Å². The highest BCUT2D eigenvalue weighted by molar-refractivity contribution is 5.95. The first-order valence-corrected chi connectivity index (χ1v) is 8.96. The van der Waals surface area contributed by atoms with Gasteiger partial charge in [-0.1, -0.05) is 30.3 Å². The fraction of sp³-hybridized carbons (Fsp3) is 0.300. The molecule has 2 aromatic rings. The molecule has 0 aromatic heterocycles. The SMILES string of the molecule is COc1ccc([N+](=O)[O-])cc1C(=O)O[C@H](C(=O)N1CCOCC1)c1ccccc1. The summed E-state index contributed by atoms with van der Waals surface area (Å²) in [5.41, 5.74) is 0.0904. The molecule has 1 amide bonds. The molecule has 1 aliphatic rings. The maximum atomic E-state index is 13.0. The third-order valence-corrected chi connectivity index (χ3v) is 4.49. The van der Waals surface area contributed by atoms with Gasteiger partial charge in [-0.2, -0.15) is 0 Å². The molecule has 0 spiro atoms. The van der Waals surface area contributed by atoms with Gasteiger partial charge in [0.15, 0.2) is 0 Å². The van der Waals surface area contributed by atoms with Gasteiger partial charge in [-0.05, 0) is 6.07 Å². The number of carbonyl (C=O) groups is 2. The number of hydrogen-bond donors (Lipinski definition) is 0. The molecule has 0 N–H and O–H groups in total. The van der Waals surface area contributed by atoms with Gasteiger partial charge in [0, 0.05) is 30.8 Å². The summed E-state index contributed by atoms with van der Waals surface area (Å²) in [6.07, 6.45) is -1.19. The predicted octanol–water partition coefficient (Wildman–Crippen LogP) is 2.36. The molecule has 9 heteroatoms. The van der Waals surface area contributed by atoms with E-state index < -0.39 is 17.0 Å². The molecule has 29 heavy (non-hydrogen) atoms. The van der Waals surface area contributed by atoms with E-state index in [1.54, 1.807) is 35.2 Å². The van der Waals surface area contributed by atoms with Gasteiger partial charge in [0.25, 0.3) is 11.6 Å². The highest BCUT2D eigenvalue weighted by Crippen LogP contribution is 2.28. The molecule has 1 fully saturated rings. The van der Waals surface area contributed by atoms with Crippen LogP contribution in [-0.2, 0) is 14.3 Å². The minimum atomic E-state index is -1.19. The Labute approximate surface area is 166 Å². The zero-order chi connectivity index (χ0) is 20.8. The number of nitro groups is 1. The number of benzene rings is 2. The lowest BCUT2D eigenvalue weighted by Gasteiger charge is -2.30. The van der Waals surface area contributed by atoms with Gasteiger partial charge in [-0.3, -0.25) is 14.9 Å². The number of hydrogen-bond acceptors (Lipinski definition) is 7. The van der Waals surface area contributed by atoms with Crippen molar-refractivity contribution in [2.75, 3.05) is 33.4 Å². The smallest absolute Gasteiger partial charge is 0.343 e. The van der Waals surface area contributed by atoms with Gasteiger partial charge in [0.1, 0.15) is 11.3 Å². The Morgan fingerprint density at radius 1 is 1.14 bits per heavy atom. The predicted molar refractivity (Wildman–Crippen MR) is 102 cm³/mol. The number of nitro benzene ring substituents is 1. The summed E-state index contributed by atoms with van der Waals surface area (Å²) in [6, 6.07) is 12.2. The van der Waals surface area contributed by atoms with E-state index in [1.807, 2.05) is 0 Å².